The van der Waals surface area contributed by atoms with E-state index in [1.165, 1.54) is 6.07 Å². The average Bonchev–Trinajstić information content (AvgIpc) is 2.74. The van der Waals surface area contributed by atoms with E-state index in [0.29, 0.717) is 0 Å². The van der Waals surface area contributed by atoms with Crippen molar-refractivity contribution < 1.29 is 23.7 Å². The molecule has 2 N–H and O–H groups in total. The first kappa shape index (κ1) is 14.4. The molecule has 1 aromatic carbocycles. The fourth-order valence-corrected chi connectivity index (χ4v) is 2.27. The number of aliphatic hydroxyl groups excluding tert-OH is 2. The monoisotopic (exact) mass is 332 g/mol. The van der Waals surface area contributed by atoms with Crippen molar-refractivity contribution in [1.82, 2.24) is 0 Å². The molecular formula is C13H11BrF2O3. The predicted octanol–water partition coefficient (Wildman–Crippen LogP) is 1.85. The standard InChI is InChI=1S/C13H11BrF2O3/c14-2-1-7-3-8(10(16)4-9(7)15)12-5-11(18)13(6-17)19-12/h3-4,11-13,17-18H,5-6H2/t11-,12+,13+/m0/s1. The maximum Gasteiger partial charge on any atom is 0.141 e. The third-order valence-corrected chi connectivity index (χ3v) is 3.22. The van der Waals surface area contributed by atoms with Crippen LogP contribution in [0, 0.1) is 22.4 Å². The van der Waals surface area contributed by atoms with Gasteiger partial charge in [-0.3, -0.25) is 0 Å². The topological polar surface area (TPSA) is 49.7 Å². The van der Waals surface area contributed by atoms with Gasteiger partial charge in [-0.1, -0.05) is 5.92 Å². The third kappa shape index (κ3) is 2.95. The highest BCUT2D eigenvalue weighted by atomic mass is 79.9. The lowest BCUT2D eigenvalue weighted by molar-refractivity contribution is -0.0233. The Morgan fingerprint density at radius 1 is 1.37 bits per heavy atom. The lowest BCUT2D eigenvalue weighted by Crippen LogP contribution is -2.24. The summed E-state index contributed by atoms with van der Waals surface area (Å²) in [5, 5.41) is 18.6. The van der Waals surface area contributed by atoms with Crippen LogP contribution in [-0.2, 0) is 4.74 Å². The van der Waals surface area contributed by atoms with Gasteiger partial charge in [-0.05, 0) is 10.9 Å². The molecule has 1 aliphatic heterocycles. The van der Waals surface area contributed by atoms with Gasteiger partial charge in [0.15, 0.2) is 0 Å². The molecule has 0 aromatic heterocycles. The Hall–Kier alpha value is -1.00. The molecule has 0 unspecified atom stereocenters. The van der Waals surface area contributed by atoms with Crippen LogP contribution < -0.4 is 0 Å². The molecule has 19 heavy (non-hydrogen) atoms. The fourth-order valence-electron chi connectivity index (χ4n) is 2.05. The number of ether oxygens (including phenoxy) is 1. The number of aliphatic hydroxyl groups is 2. The van der Waals surface area contributed by atoms with Crippen LogP contribution in [0.2, 0.25) is 0 Å². The second-order valence-corrected chi connectivity index (χ2v) is 4.62. The summed E-state index contributed by atoms with van der Waals surface area (Å²) < 4.78 is 32.5. The van der Waals surface area contributed by atoms with Gasteiger partial charge in [-0.2, -0.15) is 0 Å². The van der Waals surface area contributed by atoms with Crippen molar-refractivity contribution in [2.75, 3.05) is 6.61 Å². The first-order valence-electron chi connectivity index (χ1n) is 5.61. The normalized spacial score (nSPS) is 26.1. The number of hydrogen-bond donors (Lipinski definition) is 2. The molecule has 0 amide bonds. The van der Waals surface area contributed by atoms with Crippen molar-refractivity contribution in [3.63, 3.8) is 0 Å². The molecule has 0 saturated carbocycles. The minimum atomic E-state index is -0.870. The summed E-state index contributed by atoms with van der Waals surface area (Å²) in [6.07, 6.45) is -2.19. The summed E-state index contributed by atoms with van der Waals surface area (Å²) in [4.78, 5) is 2.36. The molecule has 3 atom stereocenters. The largest absolute Gasteiger partial charge is 0.394 e. The van der Waals surface area contributed by atoms with E-state index in [-0.39, 0.29) is 24.2 Å². The van der Waals surface area contributed by atoms with Crippen molar-refractivity contribution in [1.29, 1.82) is 0 Å². The van der Waals surface area contributed by atoms with Crippen molar-refractivity contribution in [2.45, 2.75) is 24.7 Å². The fraction of sp³-hybridized carbons (Fsp3) is 0.385. The minimum absolute atomic E-state index is 0.0406. The summed E-state index contributed by atoms with van der Waals surface area (Å²) in [6, 6.07) is 2.00. The van der Waals surface area contributed by atoms with Crippen LogP contribution in [0.25, 0.3) is 0 Å². The van der Waals surface area contributed by atoms with Crippen LogP contribution in [0.3, 0.4) is 0 Å². The number of hydrogen-bond acceptors (Lipinski definition) is 3. The summed E-state index contributed by atoms with van der Waals surface area (Å²) in [7, 11) is 0. The summed E-state index contributed by atoms with van der Waals surface area (Å²) in [6.45, 7) is -0.353. The van der Waals surface area contributed by atoms with Gasteiger partial charge in [0.1, 0.15) is 17.7 Å². The Morgan fingerprint density at radius 3 is 2.68 bits per heavy atom. The maximum absolute atomic E-state index is 13.8. The number of rotatable bonds is 2. The number of benzene rings is 1. The van der Waals surface area contributed by atoms with Gasteiger partial charge in [0.25, 0.3) is 0 Å². The lowest BCUT2D eigenvalue weighted by atomic mass is 10.0. The Labute approximate surface area is 117 Å². The SMILES string of the molecule is OC[C@H]1O[C@@H](c2cc(C#CBr)c(F)cc2F)C[C@@H]1O. The van der Waals surface area contributed by atoms with Crippen molar-refractivity contribution >= 4 is 15.9 Å². The van der Waals surface area contributed by atoms with E-state index in [1.807, 2.05) is 0 Å². The van der Waals surface area contributed by atoms with E-state index >= 15 is 0 Å². The molecule has 1 aromatic rings. The molecule has 0 bridgehead atoms. The van der Waals surface area contributed by atoms with Gasteiger partial charge in [0, 0.05) is 34.0 Å². The van der Waals surface area contributed by atoms with E-state index in [9.17, 15) is 13.9 Å². The van der Waals surface area contributed by atoms with Gasteiger partial charge in [-0.15, -0.1) is 0 Å². The van der Waals surface area contributed by atoms with E-state index < -0.39 is 29.9 Å². The highest BCUT2D eigenvalue weighted by Gasteiger charge is 2.35. The Bertz CT molecular complexity index is 539. The van der Waals surface area contributed by atoms with Gasteiger partial charge < -0.3 is 14.9 Å². The molecule has 6 heteroatoms. The maximum atomic E-state index is 13.8. The summed E-state index contributed by atoms with van der Waals surface area (Å²) in [5.74, 6) is 0.946. The molecule has 102 valence electrons. The molecule has 1 heterocycles. The first-order chi connectivity index (χ1) is 9.06. The average molecular weight is 333 g/mol. The predicted molar refractivity (Wildman–Crippen MR) is 67.5 cm³/mol. The van der Waals surface area contributed by atoms with Crippen LogP contribution in [0.5, 0.6) is 0 Å². The van der Waals surface area contributed by atoms with Crippen molar-refractivity contribution in [2.24, 2.45) is 0 Å². The zero-order chi connectivity index (χ0) is 14.0. The molecule has 0 aliphatic carbocycles. The molecule has 0 radical (unpaired) electrons. The first-order valence-corrected chi connectivity index (χ1v) is 6.41. The van der Waals surface area contributed by atoms with Crippen molar-refractivity contribution in [3.8, 4) is 10.8 Å². The Balaban J connectivity index is 2.34. The second-order valence-electron chi connectivity index (χ2n) is 4.22. The quantitative estimate of drug-likeness (QED) is 0.813. The Kier molecular flexibility index (Phi) is 4.53. The second kappa shape index (κ2) is 5.97. The van der Waals surface area contributed by atoms with Crippen molar-refractivity contribution in [3.05, 3.63) is 34.9 Å². The lowest BCUT2D eigenvalue weighted by Gasteiger charge is -2.13. The number of halogens is 3. The zero-order valence-electron chi connectivity index (χ0n) is 9.74. The van der Waals surface area contributed by atoms with Crippen LogP contribution in [-0.4, -0.2) is 29.0 Å². The van der Waals surface area contributed by atoms with Gasteiger partial charge in [-0.25, -0.2) is 8.78 Å². The molecule has 0 spiro atoms. The van der Waals surface area contributed by atoms with Gasteiger partial charge in [0.05, 0.1) is 24.4 Å². The van der Waals surface area contributed by atoms with Gasteiger partial charge in [0.2, 0.25) is 0 Å². The highest BCUT2D eigenvalue weighted by Crippen LogP contribution is 2.35. The van der Waals surface area contributed by atoms with Crippen LogP contribution in [0.4, 0.5) is 8.78 Å². The van der Waals surface area contributed by atoms with Crippen LogP contribution in [0.15, 0.2) is 12.1 Å². The molecule has 1 aliphatic rings. The van der Waals surface area contributed by atoms with Crippen LogP contribution in [0.1, 0.15) is 23.7 Å². The van der Waals surface area contributed by atoms with Crippen LogP contribution >= 0.6 is 15.9 Å². The zero-order valence-corrected chi connectivity index (χ0v) is 11.3. The van der Waals surface area contributed by atoms with E-state index in [0.717, 1.165) is 6.07 Å². The van der Waals surface area contributed by atoms with E-state index in [4.69, 9.17) is 9.84 Å². The molecule has 3 nitrogen and oxygen atoms in total. The molecule has 1 fully saturated rings. The third-order valence-electron chi connectivity index (χ3n) is 3.02. The highest BCUT2D eigenvalue weighted by molar-refractivity contribution is 9.12. The summed E-state index contributed by atoms with van der Waals surface area (Å²) >= 11 is 2.85. The van der Waals surface area contributed by atoms with E-state index in [1.54, 1.807) is 0 Å². The van der Waals surface area contributed by atoms with E-state index in [2.05, 4.69) is 26.7 Å². The smallest absolute Gasteiger partial charge is 0.141 e. The Morgan fingerprint density at radius 2 is 2.11 bits per heavy atom. The molecule has 1 saturated heterocycles. The van der Waals surface area contributed by atoms with Gasteiger partial charge >= 0.3 is 0 Å². The molecular weight excluding hydrogens is 322 g/mol. The minimum Gasteiger partial charge on any atom is -0.394 e. The molecule has 2 rings (SSSR count). The summed E-state index contributed by atoms with van der Waals surface area (Å²) in [5.41, 5.74) is 0.167.